The SMILES string of the molecule is CCN(CC)CCOCC1=C(C(=O)OCCCc2ccccc2)C(c2ccc(C#N)cc2)N=C(c2ccco2)N1. The molecule has 3 aromatic rings. The van der Waals surface area contributed by atoms with Gasteiger partial charge in [-0.2, -0.15) is 5.26 Å². The number of carbonyl (C=O) groups excluding carboxylic acids is 1. The van der Waals surface area contributed by atoms with Crippen molar-refractivity contribution in [3.05, 3.63) is 107 Å². The molecule has 8 nitrogen and oxygen atoms in total. The molecule has 0 radical (unpaired) electrons. The van der Waals surface area contributed by atoms with E-state index in [0.717, 1.165) is 31.6 Å². The molecule has 1 atom stereocenters. The first-order valence-electron chi connectivity index (χ1n) is 13.8. The molecule has 0 saturated carbocycles. The largest absolute Gasteiger partial charge is 0.462 e. The number of benzene rings is 2. The van der Waals surface area contributed by atoms with Gasteiger partial charge >= 0.3 is 5.97 Å². The van der Waals surface area contributed by atoms with Gasteiger partial charge in [-0.1, -0.05) is 56.3 Å². The molecule has 0 fully saturated rings. The molecular formula is C32H36N4O4. The Balaban J connectivity index is 1.58. The molecule has 2 heterocycles. The van der Waals surface area contributed by atoms with Crippen molar-refractivity contribution in [1.29, 1.82) is 5.26 Å². The van der Waals surface area contributed by atoms with Gasteiger partial charge in [0.2, 0.25) is 0 Å². The van der Waals surface area contributed by atoms with Crippen LogP contribution in [-0.4, -0.2) is 56.2 Å². The number of furan rings is 1. The topological polar surface area (TPSA) is 100 Å². The fraction of sp³-hybridized carbons (Fsp3) is 0.344. The van der Waals surface area contributed by atoms with Crippen LogP contribution in [0.4, 0.5) is 0 Å². The van der Waals surface area contributed by atoms with E-state index in [0.29, 0.717) is 41.5 Å². The number of nitriles is 1. The van der Waals surface area contributed by atoms with Gasteiger partial charge in [-0.15, -0.1) is 0 Å². The number of hydrogen-bond acceptors (Lipinski definition) is 8. The van der Waals surface area contributed by atoms with E-state index in [-0.39, 0.29) is 13.2 Å². The van der Waals surface area contributed by atoms with Gasteiger partial charge in [-0.05, 0) is 61.3 Å². The van der Waals surface area contributed by atoms with Crippen LogP contribution in [0.1, 0.15) is 48.8 Å². The minimum atomic E-state index is -0.655. The summed E-state index contributed by atoms with van der Waals surface area (Å²) in [5.74, 6) is 0.608. The zero-order valence-electron chi connectivity index (χ0n) is 23.1. The Morgan fingerprint density at radius 2 is 1.82 bits per heavy atom. The summed E-state index contributed by atoms with van der Waals surface area (Å²) in [6.07, 6.45) is 3.10. The quantitative estimate of drug-likeness (QED) is 0.226. The minimum absolute atomic E-state index is 0.183. The van der Waals surface area contributed by atoms with E-state index in [4.69, 9.17) is 18.9 Å². The molecule has 1 aliphatic heterocycles. The summed E-state index contributed by atoms with van der Waals surface area (Å²) >= 11 is 0. The highest BCUT2D eigenvalue weighted by atomic mass is 16.5. The van der Waals surface area contributed by atoms with E-state index in [1.807, 2.05) is 36.4 Å². The number of carbonyl (C=O) groups is 1. The summed E-state index contributed by atoms with van der Waals surface area (Å²) < 4.78 is 17.5. The number of amidine groups is 1. The summed E-state index contributed by atoms with van der Waals surface area (Å²) in [7, 11) is 0. The molecule has 0 aliphatic carbocycles. The molecule has 0 saturated heterocycles. The van der Waals surface area contributed by atoms with Crippen molar-refractivity contribution in [2.45, 2.75) is 32.7 Å². The lowest BCUT2D eigenvalue weighted by molar-refractivity contribution is -0.139. The third-order valence-electron chi connectivity index (χ3n) is 6.83. The molecule has 40 heavy (non-hydrogen) atoms. The van der Waals surface area contributed by atoms with E-state index < -0.39 is 12.0 Å². The zero-order chi connectivity index (χ0) is 28.2. The third-order valence-corrected chi connectivity index (χ3v) is 6.83. The number of nitrogens with one attached hydrogen (secondary N) is 1. The minimum Gasteiger partial charge on any atom is -0.462 e. The normalized spacial score (nSPS) is 14.9. The van der Waals surface area contributed by atoms with Crippen LogP contribution in [0, 0.1) is 11.3 Å². The van der Waals surface area contributed by atoms with Crippen LogP contribution in [0.25, 0.3) is 0 Å². The lowest BCUT2D eigenvalue weighted by atomic mass is 9.95. The van der Waals surface area contributed by atoms with Crippen LogP contribution in [0.5, 0.6) is 0 Å². The molecule has 1 N–H and O–H groups in total. The van der Waals surface area contributed by atoms with Crippen LogP contribution < -0.4 is 5.32 Å². The van der Waals surface area contributed by atoms with Crippen molar-refractivity contribution >= 4 is 11.8 Å². The van der Waals surface area contributed by atoms with Crippen molar-refractivity contribution in [1.82, 2.24) is 10.2 Å². The van der Waals surface area contributed by atoms with Gasteiger partial charge in [0.25, 0.3) is 0 Å². The van der Waals surface area contributed by atoms with Crippen LogP contribution in [0.15, 0.2) is 93.7 Å². The van der Waals surface area contributed by atoms with Gasteiger partial charge < -0.3 is 24.1 Å². The van der Waals surface area contributed by atoms with E-state index in [2.05, 4.69) is 42.3 Å². The first-order valence-corrected chi connectivity index (χ1v) is 13.8. The number of ether oxygens (including phenoxy) is 2. The Labute approximate surface area is 235 Å². The predicted molar refractivity (Wildman–Crippen MR) is 154 cm³/mol. The summed E-state index contributed by atoms with van der Waals surface area (Å²) in [6, 6.07) is 22.3. The molecule has 8 heteroatoms. The summed E-state index contributed by atoms with van der Waals surface area (Å²) in [5, 5.41) is 12.6. The molecule has 1 aromatic heterocycles. The molecule has 1 aliphatic rings. The standard InChI is InChI=1S/C32H36N4O4/c1-3-36(4-2)18-21-38-23-27-29(32(37)40-20-8-12-24-10-6-5-7-11-24)30(26-16-14-25(22-33)15-17-26)35-31(34-27)28-13-9-19-39-28/h5-7,9-11,13-17,19,30H,3-4,8,12,18,20-21,23H2,1-2H3,(H,34,35). The second-order valence-corrected chi connectivity index (χ2v) is 9.41. The first kappa shape index (κ1) is 28.8. The number of esters is 1. The fourth-order valence-corrected chi connectivity index (χ4v) is 4.54. The number of aryl methyl sites for hydroxylation is 1. The molecule has 208 valence electrons. The van der Waals surface area contributed by atoms with Crippen molar-refractivity contribution in [2.75, 3.05) is 39.5 Å². The number of rotatable bonds is 14. The van der Waals surface area contributed by atoms with Crippen LogP contribution in [0.2, 0.25) is 0 Å². The van der Waals surface area contributed by atoms with Crippen LogP contribution in [-0.2, 0) is 20.7 Å². The fourth-order valence-electron chi connectivity index (χ4n) is 4.54. The van der Waals surface area contributed by atoms with Crippen LogP contribution >= 0.6 is 0 Å². The highest BCUT2D eigenvalue weighted by molar-refractivity contribution is 6.02. The number of likely N-dealkylation sites (N-methyl/N-ethyl adjacent to an activating group) is 1. The van der Waals surface area contributed by atoms with Crippen LogP contribution in [0.3, 0.4) is 0 Å². The molecule has 0 bridgehead atoms. The van der Waals surface area contributed by atoms with Gasteiger partial charge in [-0.25, -0.2) is 4.79 Å². The zero-order valence-corrected chi connectivity index (χ0v) is 23.1. The molecule has 0 amide bonds. The van der Waals surface area contributed by atoms with E-state index in [9.17, 15) is 10.1 Å². The van der Waals surface area contributed by atoms with Gasteiger partial charge in [0.1, 0.15) is 6.04 Å². The number of hydrogen-bond donors (Lipinski definition) is 1. The Morgan fingerprint density at radius 3 is 2.50 bits per heavy atom. The first-order chi connectivity index (χ1) is 19.6. The average molecular weight is 541 g/mol. The third kappa shape index (κ3) is 7.69. The van der Waals surface area contributed by atoms with E-state index in [1.54, 1.807) is 24.5 Å². The average Bonchev–Trinajstić information content (AvgIpc) is 3.55. The van der Waals surface area contributed by atoms with Gasteiger partial charge in [0.05, 0.1) is 49.0 Å². The Hall–Kier alpha value is -4.19. The van der Waals surface area contributed by atoms with Crippen molar-refractivity contribution < 1.29 is 18.7 Å². The van der Waals surface area contributed by atoms with Gasteiger partial charge in [0, 0.05) is 6.54 Å². The van der Waals surface area contributed by atoms with Crippen molar-refractivity contribution in [3.63, 3.8) is 0 Å². The monoisotopic (exact) mass is 540 g/mol. The molecule has 1 unspecified atom stereocenters. The molecule has 4 rings (SSSR count). The summed E-state index contributed by atoms with van der Waals surface area (Å²) in [6.45, 7) is 7.89. The maximum atomic E-state index is 13.6. The summed E-state index contributed by atoms with van der Waals surface area (Å²) in [5.41, 5.74) is 3.47. The lowest BCUT2D eigenvalue weighted by Crippen LogP contribution is -2.36. The Kier molecular flexibility index (Phi) is 10.7. The van der Waals surface area contributed by atoms with Crippen molar-refractivity contribution in [2.24, 2.45) is 4.99 Å². The Bertz CT molecular complexity index is 1320. The second-order valence-electron chi connectivity index (χ2n) is 9.41. The summed E-state index contributed by atoms with van der Waals surface area (Å²) in [4.78, 5) is 20.8. The lowest BCUT2D eigenvalue weighted by Gasteiger charge is -2.27. The van der Waals surface area contributed by atoms with E-state index >= 15 is 0 Å². The predicted octanol–water partition coefficient (Wildman–Crippen LogP) is 5.03. The number of nitrogens with zero attached hydrogens (tertiary/aromatic N) is 3. The maximum absolute atomic E-state index is 13.6. The molecular weight excluding hydrogens is 504 g/mol. The molecule has 2 aromatic carbocycles. The highest BCUT2D eigenvalue weighted by Crippen LogP contribution is 2.33. The van der Waals surface area contributed by atoms with Crippen molar-refractivity contribution in [3.8, 4) is 6.07 Å². The number of aliphatic imine (C=N–C) groups is 1. The smallest absolute Gasteiger partial charge is 0.338 e. The van der Waals surface area contributed by atoms with E-state index in [1.165, 1.54) is 5.56 Å². The Morgan fingerprint density at radius 1 is 1.05 bits per heavy atom. The second kappa shape index (κ2) is 14.8. The van der Waals surface area contributed by atoms with Gasteiger partial charge in [0.15, 0.2) is 11.6 Å². The maximum Gasteiger partial charge on any atom is 0.338 e. The van der Waals surface area contributed by atoms with Gasteiger partial charge in [-0.3, -0.25) is 4.99 Å². The molecule has 0 spiro atoms. The highest BCUT2D eigenvalue weighted by Gasteiger charge is 2.33.